The molecule has 8 nitrogen and oxygen atoms in total. The lowest BCUT2D eigenvalue weighted by atomic mass is 9.58. The standard InChI is InChI=1S/C19H35B3N6O2/c1-13(29)25-9-3-2-4-10-30-21-16-12-15-11-14(5-6-17(23)27-28-24)7-8-18(15)19(20,22-18)26-16/h14-16,26,28H,2-12,24H2,1H3,(H2,23,27)(H,25,29). The van der Waals surface area contributed by atoms with E-state index in [1.165, 1.54) is 12.8 Å². The molecule has 0 aromatic rings. The highest BCUT2D eigenvalue weighted by atomic mass is 16.4. The second kappa shape index (κ2) is 10.4. The van der Waals surface area contributed by atoms with Crippen LogP contribution in [0.15, 0.2) is 5.10 Å². The maximum atomic E-state index is 10.8. The smallest absolute Gasteiger partial charge is 0.310 e. The summed E-state index contributed by atoms with van der Waals surface area (Å²) in [4.78, 5) is 10.8. The van der Waals surface area contributed by atoms with Crippen LogP contribution in [0.3, 0.4) is 0 Å². The number of piperidine rings is 1. The summed E-state index contributed by atoms with van der Waals surface area (Å²) in [6.07, 6.45) is 9.37. The maximum Gasteiger partial charge on any atom is 0.310 e. The lowest BCUT2D eigenvalue weighted by Crippen LogP contribution is -2.54. The lowest BCUT2D eigenvalue weighted by molar-refractivity contribution is -0.118. The Balaban J connectivity index is 1.37. The van der Waals surface area contributed by atoms with Crippen molar-refractivity contribution in [3.63, 3.8) is 0 Å². The number of hydrogen-bond acceptors (Lipinski definition) is 6. The fourth-order valence-corrected chi connectivity index (χ4v) is 5.42. The molecule has 5 atom stereocenters. The minimum absolute atomic E-state index is 0.0285. The number of unbranched alkanes of at least 4 members (excludes halogenated alkanes) is 2. The van der Waals surface area contributed by atoms with E-state index in [0.29, 0.717) is 24.3 Å². The van der Waals surface area contributed by atoms with Gasteiger partial charge in [0.25, 0.3) is 0 Å². The molecule has 1 saturated carbocycles. The fourth-order valence-electron chi connectivity index (χ4n) is 5.42. The average Bonchev–Trinajstić information content (AvgIpc) is 3.31. The Morgan fingerprint density at radius 1 is 1.40 bits per heavy atom. The molecular formula is C19H35B3N6O2. The number of hydrogen-bond donors (Lipinski definition) is 5. The summed E-state index contributed by atoms with van der Waals surface area (Å²) in [6.45, 7) is 2.98. The van der Waals surface area contributed by atoms with Crippen LogP contribution in [-0.4, -0.2) is 58.8 Å². The van der Waals surface area contributed by atoms with Crippen molar-refractivity contribution in [3.05, 3.63) is 0 Å². The third-order valence-corrected chi connectivity index (χ3v) is 7.04. The molecular weight excluding hydrogens is 377 g/mol. The number of carbonyl (C=O) groups excluding carboxylic acids is 1. The minimum atomic E-state index is -0.353. The first-order valence-electron chi connectivity index (χ1n) is 11.3. The van der Waals surface area contributed by atoms with Gasteiger partial charge in [-0.25, -0.2) is 11.4 Å². The Labute approximate surface area is 183 Å². The monoisotopic (exact) mass is 412 g/mol. The van der Waals surface area contributed by atoms with Crippen LogP contribution < -0.4 is 27.7 Å². The molecule has 4 radical (unpaired) electrons. The van der Waals surface area contributed by atoms with Crippen molar-refractivity contribution >= 4 is 34.4 Å². The number of carbonyl (C=O) groups is 1. The predicted octanol–water partition coefficient (Wildman–Crippen LogP) is -0.121. The molecule has 3 fully saturated rings. The average molecular weight is 412 g/mol. The van der Waals surface area contributed by atoms with Crippen LogP contribution in [0.25, 0.3) is 0 Å². The molecule has 30 heavy (non-hydrogen) atoms. The highest BCUT2D eigenvalue weighted by Crippen LogP contribution is 2.69. The van der Waals surface area contributed by atoms with Crippen LogP contribution in [0.1, 0.15) is 64.7 Å². The summed E-state index contributed by atoms with van der Waals surface area (Å²) < 4.78 is 5.83. The summed E-state index contributed by atoms with van der Waals surface area (Å²) in [7, 11) is 10.9. The number of nitrogens with two attached hydrogens (primary N) is 2. The van der Waals surface area contributed by atoms with E-state index in [4.69, 9.17) is 24.1 Å². The summed E-state index contributed by atoms with van der Waals surface area (Å²) in [6, 6.07) is 0. The minimum Gasteiger partial charge on any atom is -0.439 e. The number of hydrazone groups is 1. The van der Waals surface area contributed by atoms with Gasteiger partial charge in [0.05, 0.1) is 7.85 Å². The first-order valence-corrected chi connectivity index (χ1v) is 11.3. The zero-order valence-electron chi connectivity index (χ0n) is 18.2. The van der Waals surface area contributed by atoms with Crippen molar-refractivity contribution in [1.82, 2.24) is 16.2 Å². The summed E-state index contributed by atoms with van der Waals surface area (Å²) in [5.74, 6) is 7.19. The van der Waals surface area contributed by atoms with E-state index in [1.807, 2.05) is 7.48 Å². The maximum absolute atomic E-state index is 10.8. The molecule has 1 spiro atoms. The van der Waals surface area contributed by atoms with E-state index in [9.17, 15) is 4.79 Å². The molecule has 162 valence electrons. The number of hydrazine groups is 1. The van der Waals surface area contributed by atoms with E-state index in [-0.39, 0.29) is 22.5 Å². The SMILES string of the molecule is [B]C12[B]C13CCC(CC/C(N)=N/NN)CC3CC([B]OCCCCCNC(C)=O)N2. The molecule has 0 aromatic carbocycles. The first-order chi connectivity index (χ1) is 14.4. The van der Waals surface area contributed by atoms with Crippen LogP contribution in [0.5, 0.6) is 0 Å². The Morgan fingerprint density at radius 2 is 2.23 bits per heavy atom. The van der Waals surface area contributed by atoms with Crippen LogP contribution >= 0.6 is 0 Å². The largest absolute Gasteiger partial charge is 0.439 e. The van der Waals surface area contributed by atoms with Gasteiger partial charge in [-0.15, -0.1) is 0 Å². The normalized spacial score (nSPS) is 34.9. The number of amides is 1. The van der Waals surface area contributed by atoms with E-state index >= 15 is 0 Å². The van der Waals surface area contributed by atoms with Crippen molar-refractivity contribution in [2.24, 2.45) is 28.5 Å². The van der Waals surface area contributed by atoms with Crippen LogP contribution in [0, 0.1) is 11.8 Å². The molecule has 1 amide bonds. The predicted molar refractivity (Wildman–Crippen MR) is 122 cm³/mol. The van der Waals surface area contributed by atoms with E-state index < -0.39 is 0 Å². The van der Waals surface area contributed by atoms with Crippen LogP contribution in [0.2, 0.25) is 5.31 Å². The van der Waals surface area contributed by atoms with Gasteiger partial charge in [0.15, 0.2) is 0 Å². The number of nitrogens with one attached hydrogen (secondary N) is 3. The highest BCUT2D eigenvalue weighted by Gasteiger charge is 2.70. The van der Waals surface area contributed by atoms with Gasteiger partial charge in [-0.2, -0.15) is 5.10 Å². The Kier molecular flexibility index (Phi) is 8.15. The van der Waals surface area contributed by atoms with E-state index in [2.05, 4.69) is 28.5 Å². The number of nitrogens with zero attached hydrogens (tertiary/aromatic N) is 1. The van der Waals surface area contributed by atoms with Gasteiger partial charge in [-0.05, 0) is 55.7 Å². The van der Waals surface area contributed by atoms with E-state index in [0.717, 1.165) is 51.5 Å². The Hall–Kier alpha value is -1.19. The van der Waals surface area contributed by atoms with Crippen molar-refractivity contribution in [2.75, 3.05) is 13.2 Å². The third kappa shape index (κ3) is 5.74. The first kappa shape index (κ1) is 23.5. The molecule has 3 aliphatic rings. The number of amidine groups is 1. The second-order valence-corrected chi connectivity index (χ2v) is 9.20. The lowest BCUT2D eigenvalue weighted by Gasteiger charge is -2.47. The topological polar surface area (TPSA) is 127 Å². The van der Waals surface area contributed by atoms with Crippen molar-refractivity contribution in [1.29, 1.82) is 0 Å². The van der Waals surface area contributed by atoms with E-state index in [1.54, 1.807) is 6.92 Å². The summed E-state index contributed by atoms with van der Waals surface area (Å²) >= 11 is 0. The third-order valence-electron chi connectivity index (χ3n) is 7.04. The molecule has 0 aromatic heterocycles. The van der Waals surface area contributed by atoms with Crippen molar-refractivity contribution < 1.29 is 9.45 Å². The van der Waals surface area contributed by atoms with Crippen LogP contribution in [-0.2, 0) is 9.45 Å². The zero-order chi connectivity index (χ0) is 21.6. The molecule has 2 aliphatic heterocycles. The van der Waals surface area contributed by atoms with Crippen molar-refractivity contribution in [3.8, 4) is 0 Å². The van der Waals surface area contributed by atoms with Gasteiger partial charge >= 0.3 is 7.48 Å². The molecule has 2 heterocycles. The fraction of sp³-hybridized carbons (Fsp3) is 0.895. The Morgan fingerprint density at radius 3 is 3.00 bits per heavy atom. The van der Waals surface area contributed by atoms with Gasteiger partial charge in [-0.3, -0.25) is 4.79 Å². The van der Waals surface area contributed by atoms with Crippen molar-refractivity contribution in [2.45, 2.75) is 81.3 Å². The highest BCUT2D eigenvalue weighted by molar-refractivity contribution is 6.72. The van der Waals surface area contributed by atoms with Gasteiger partial charge in [0.1, 0.15) is 13.1 Å². The molecule has 2 saturated heterocycles. The molecule has 1 aliphatic carbocycles. The van der Waals surface area contributed by atoms with Gasteiger partial charge < -0.3 is 21.0 Å². The van der Waals surface area contributed by atoms with Gasteiger partial charge in [0.2, 0.25) is 5.91 Å². The number of rotatable bonds is 12. The molecule has 0 bridgehead atoms. The quantitative estimate of drug-likeness (QED) is 0.0760. The molecule has 3 rings (SSSR count). The summed E-state index contributed by atoms with van der Waals surface area (Å²) in [5.41, 5.74) is 8.13. The second-order valence-electron chi connectivity index (χ2n) is 9.20. The zero-order valence-corrected chi connectivity index (χ0v) is 18.2. The molecule has 7 N–H and O–H groups in total. The van der Waals surface area contributed by atoms with Gasteiger partial charge in [0, 0.05) is 32.4 Å². The van der Waals surface area contributed by atoms with Crippen LogP contribution in [0.4, 0.5) is 0 Å². The Bertz CT molecular complexity index is 627. The summed E-state index contributed by atoms with van der Waals surface area (Å²) in [5, 5.41) is 10.1. The molecule has 5 unspecified atom stereocenters. The molecule has 11 heteroatoms. The van der Waals surface area contributed by atoms with Gasteiger partial charge in [-0.1, -0.05) is 18.2 Å².